The van der Waals surface area contributed by atoms with Crippen molar-refractivity contribution in [1.82, 2.24) is 9.55 Å². The molecule has 1 aromatic heterocycles. The van der Waals surface area contributed by atoms with Crippen LogP contribution in [0.1, 0.15) is 36.7 Å². The van der Waals surface area contributed by atoms with Gasteiger partial charge in [-0.2, -0.15) is 11.8 Å². The fraction of sp³-hybridized carbons (Fsp3) is 0.692. The summed E-state index contributed by atoms with van der Waals surface area (Å²) in [6.45, 7) is 0.615. The van der Waals surface area contributed by atoms with Gasteiger partial charge in [-0.3, -0.25) is 4.79 Å². The average Bonchev–Trinajstić information content (AvgIpc) is 2.82. The molecule has 0 saturated carbocycles. The summed E-state index contributed by atoms with van der Waals surface area (Å²) >= 11 is 2.01. The first kappa shape index (κ1) is 12.1. The number of fused-ring (bicyclic) bond motifs is 1. The zero-order chi connectivity index (χ0) is 12.5. The Morgan fingerprint density at radius 1 is 1.39 bits per heavy atom. The lowest BCUT2D eigenvalue weighted by molar-refractivity contribution is -0.142. The first-order valence-electron chi connectivity index (χ1n) is 6.60. The van der Waals surface area contributed by atoms with Crippen molar-refractivity contribution in [2.75, 3.05) is 11.5 Å². The van der Waals surface area contributed by atoms with Crippen LogP contribution in [0.5, 0.6) is 0 Å². The molecule has 0 spiro atoms. The van der Waals surface area contributed by atoms with Gasteiger partial charge in [-0.15, -0.1) is 0 Å². The normalized spacial score (nSPS) is 24.8. The van der Waals surface area contributed by atoms with Crippen LogP contribution in [0.25, 0.3) is 0 Å². The molecule has 0 aliphatic carbocycles. The molecule has 2 aliphatic rings. The molecule has 1 atom stereocenters. The summed E-state index contributed by atoms with van der Waals surface area (Å²) in [7, 11) is 0. The zero-order valence-electron chi connectivity index (χ0n) is 10.3. The maximum atomic E-state index is 11.1. The van der Waals surface area contributed by atoms with E-state index in [1.54, 1.807) is 0 Å². The van der Waals surface area contributed by atoms with Gasteiger partial charge in [0.05, 0.1) is 5.92 Å². The van der Waals surface area contributed by atoms with Crippen LogP contribution >= 0.6 is 11.8 Å². The van der Waals surface area contributed by atoms with Crippen LogP contribution in [0.15, 0.2) is 6.20 Å². The Morgan fingerprint density at radius 2 is 2.17 bits per heavy atom. The van der Waals surface area contributed by atoms with Gasteiger partial charge < -0.3 is 9.67 Å². The van der Waals surface area contributed by atoms with E-state index in [0.29, 0.717) is 12.5 Å². The topological polar surface area (TPSA) is 55.1 Å². The molecule has 18 heavy (non-hydrogen) atoms. The van der Waals surface area contributed by atoms with E-state index in [1.807, 2.05) is 18.0 Å². The van der Waals surface area contributed by atoms with Crippen molar-refractivity contribution in [1.29, 1.82) is 0 Å². The highest BCUT2D eigenvalue weighted by Crippen LogP contribution is 2.33. The molecule has 98 valence electrons. The lowest BCUT2D eigenvalue weighted by Gasteiger charge is -2.26. The van der Waals surface area contributed by atoms with Gasteiger partial charge in [-0.05, 0) is 37.2 Å². The highest BCUT2D eigenvalue weighted by molar-refractivity contribution is 7.99. The number of aryl methyl sites for hydroxylation is 1. The van der Waals surface area contributed by atoms with Crippen molar-refractivity contribution in [3.05, 3.63) is 17.7 Å². The molecule has 0 aromatic carbocycles. The minimum atomic E-state index is -0.667. The molecule has 1 unspecified atom stereocenters. The molecule has 1 saturated heterocycles. The maximum absolute atomic E-state index is 11.1. The maximum Gasteiger partial charge on any atom is 0.308 e. The molecule has 3 heterocycles. The number of aliphatic carboxylic acids is 1. The quantitative estimate of drug-likeness (QED) is 0.891. The van der Waals surface area contributed by atoms with E-state index in [2.05, 4.69) is 9.55 Å². The van der Waals surface area contributed by atoms with Gasteiger partial charge in [-0.1, -0.05) is 0 Å². The van der Waals surface area contributed by atoms with Gasteiger partial charge in [0, 0.05) is 24.4 Å². The Kier molecular flexibility index (Phi) is 3.33. The van der Waals surface area contributed by atoms with Gasteiger partial charge in [0.15, 0.2) is 0 Å². The first-order valence-corrected chi connectivity index (χ1v) is 7.76. The third kappa shape index (κ3) is 2.16. The van der Waals surface area contributed by atoms with Crippen molar-refractivity contribution >= 4 is 17.7 Å². The van der Waals surface area contributed by atoms with Crippen molar-refractivity contribution in [3.8, 4) is 0 Å². The minimum absolute atomic E-state index is 0.233. The molecule has 0 amide bonds. The number of hydrogen-bond acceptors (Lipinski definition) is 3. The number of carboxylic acids is 1. The molecule has 0 radical (unpaired) electrons. The summed E-state index contributed by atoms with van der Waals surface area (Å²) in [5, 5.41) is 9.17. The van der Waals surface area contributed by atoms with Crippen LogP contribution in [0.4, 0.5) is 0 Å². The summed E-state index contributed by atoms with van der Waals surface area (Å²) in [5.74, 6) is 3.18. The molecule has 1 fully saturated rings. The lowest BCUT2D eigenvalue weighted by Crippen LogP contribution is -2.28. The largest absolute Gasteiger partial charge is 0.481 e. The Morgan fingerprint density at radius 3 is 2.89 bits per heavy atom. The number of hydrogen-bond donors (Lipinski definition) is 1. The highest BCUT2D eigenvalue weighted by Gasteiger charge is 2.29. The van der Waals surface area contributed by atoms with Crippen molar-refractivity contribution in [3.63, 3.8) is 0 Å². The van der Waals surface area contributed by atoms with Gasteiger partial charge in [-0.25, -0.2) is 4.98 Å². The molecule has 4 nitrogen and oxygen atoms in total. The van der Waals surface area contributed by atoms with Gasteiger partial charge in [0.25, 0.3) is 0 Å². The molecule has 1 N–H and O–H groups in total. The van der Waals surface area contributed by atoms with Crippen LogP contribution in [0.2, 0.25) is 0 Å². The van der Waals surface area contributed by atoms with Crippen molar-refractivity contribution in [2.45, 2.75) is 38.1 Å². The number of rotatable bonds is 2. The fourth-order valence-corrected chi connectivity index (χ4v) is 4.06. The summed E-state index contributed by atoms with van der Waals surface area (Å²) in [5.41, 5.74) is 1.22. The van der Waals surface area contributed by atoms with Crippen LogP contribution in [0, 0.1) is 5.92 Å². The molecular weight excluding hydrogens is 248 g/mol. The Hall–Kier alpha value is -0.970. The van der Waals surface area contributed by atoms with E-state index < -0.39 is 5.97 Å². The third-order valence-corrected chi connectivity index (χ3v) is 5.11. The van der Waals surface area contributed by atoms with E-state index in [9.17, 15) is 4.79 Å². The van der Waals surface area contributed by atoms with Crippen LogP contribution in [-0.2, 0) is 17.8 Å². The Bertz CT molecular complexity index is 452. The Balaban J connectivity index is 1.84. The molecule has 5 heteroatoms. The molecule has 1 aromatic rings. The highest BCUT2D eigenvalue weighted by atomic mass is 32.2. The number of carboxylic acid groups (broad SMARTS) is 1. The van der Waals surface area contributed by atoms with Gasteiger partial charge in [0.1, 0.15) is 5.82 Å². The summed E-state index contributed by atoms with van der Waals surface area (Å²) in [4.78, 5) is 15.7. The monoisotopic (exact) mass is 266 g/mol. The third-order valence-electron chi connectivity index (χ3n) is 4.06. The number of thioether (sulfide) groups is 1. The zero-order valence-corrected chi connectivity index (χ0v) is 11.2. The van der Waals surface area contributed by atoms with Crippen LogP contribution < -0.4 is 0 Å². The second kappa shape index (κ2) is 4.96. The number of imidazole rings is 1. The van der Waals surface area contributed by atoms with Crippen molar-refractivity contribution < 1.29 is 9.90 Å². The molecular formula is C13H18N2O2S. The number of carbonyl (C=O) groups is 1. The number of aromatic nitrogens is 2. The summed E-state index contributed by atoms with van der Waals surface area (Å²) in [6, 6.07) is 0. The van der Waals surface area contributed by atoms with Crippen LogP contribution in [0.3, 0.4) is 0 Å². The summed E-state index contributed by atoms with van der Waals surface area (Å²) < 4.78 is 2.18. The average molecular weight is 266 g/mol. The van der Waals surface area contributed by atoms with E-state index in [0.717, 1.165) is 18.7 Å². The minimum Gasteiger partial charge on any atom is -0.481 e. The SMILES string of the molecule is O=C(O)C1CCc2cnc(C3CCSCC3)n2C1. The molecule has 2 aliphatic heterocycles. The predicted octanol–water partition coefficient (Wildman–Crippen LogP) is 2.14. The number of nitrogens with zero attached hydrogens (tertiary/aromatic N) is 2. The van der Waals surface area contributed by atoms with E-state index in [-0.39, 0.29) is 5.92 Å². The van der Waals surface area contributed by atoms with Crippen LogP contribution in [-0.4, -0.2) is 32.1 Å². The van der Waals surface area contributed by atoms with Gasteiger partial charge >= 0.3 is 5.97 Å². The summed E-state index contributed by atoms with van der Waals surface area (Å²) in [6.07, 6.45) is 5.92. The standard InChI is InChI=1S/C13H18N2O2S/c16-13(17)10-1-2-11-7-14-12(15(11)8-10)9-3-5-18-6-4-9/h7,9-10H,1-6,8H2,(H,16,17). The molecule has 0 bridgehead atoms. The smallest absolute Gasteiger partial charge is 0.308 e. The Labute approximate surface area is 111 Å². The first-order chi connectivity index (χ1) is 8.75. The van der Waals surface area contributed by atoms with Crippen molar-refractivity contribution in [2.24, 2.45) is 5.92 Å². The van der Waals surface area contributed by atoms with Gasteiger partial charge in [0.2, 0.25) is 0 Å². The lowest BCUT2D eigenvalue weighted by atomic mass is 9.96. The fourth-order valence-electron chi connectivity index (χ4n) is 2.95. The van der Waals surface area contributed by atoms with E-state index in [1.165, 1.54) is 30.0 Å². The second-order valence-corrected chi connectivity index (χ2v) is 6.40. The van der Waals surface area contributed by atoms with E-state index in [4.69, 9.17) is 5.11 Å². The molecule has 3 rings (SSSR count). The van der Waals surface area contributed by atoms with E-state index >= 15 is 0 Å². The predicted molar refractivity (Wildman–Crippen MR) is 71.0 cm³/mol. The second-order valence-electron chi connectivity index (χ2n) is 5.18.